The topological polar surface area (TPSA) is 71.5 Å². The number of aromatic nitrogens is 1. The summed E-state index contributed by atoms with van der Waals surface area (Å²) in [5, 5.41) is 11.2. The number of carbonyl (C=O) groups is 1. The van der Waals surface area contributed by atoms with Gasteiger partial charge in [0.15, 0.2) is 5.13 Å². The number of fused-ring (bicyclic) bond motifs is 1. The van der Waals surface area contributed by atoms with Crippen LogP contribution in [0.1, 0.15) is 0 Å². The molecule has 1 aromatic heterocycles. The summed E-state index contributed by atoms with van der Waals surface area (Å²) in [4.78, 5) is 14.7. The molecule has 0 fully saturated rings. The van der Waals surface area contributed by atoms with Gasteiger partial charge in [-0.1, -0.05) is 11.3 Å². The third-order valence-electron chi connectivity index (χ3n) is 1.89. The van der Waals surface area contributed by atoms with Crippen molar-refractivity contribution in [3.8, 4) is 5.75 Å². The lowest BCUT2D eigenvalue weighted by atomic mass is 10.3. The molecule has 0 unspecified atom stereocenters. The maximum atomic E-state index is 10.5. The van der Waals surface area contributed by atoms with Crippen molar-refractivity contribution in [3.05, 3.63) is 15.7 Å². The number of nitrogens with zero attached hydrogens (tertiary/aromatic N) is 1. The lowest BCUT2D eigenvalue weighted by Crippen LogP contribution is -2.06. The molecule has 1 aromatic carbocycles. The summed E-state index contributed by atoms with van der Waals surface area (Å²) in [6, 6.07) is 3.72. The first kappa shape index (κ1) is 11.4. The molecule has 0 aliphatic heterocycles. The van der Waals surface area contributed by atoms with Gasteiger partial charge >= 0.3 is 6.09 Å². The second-order valence-electron chi connectivity index (χ2n) is 2.88. The predicted molar refractivity (Wildman–Crippen MR) is 70.5 cm³/mol. The molecule has 16 heavy (non-hydrogen) atoms. The molecular weight excluding hydrogens is 343 g/mol. The van der Waals surface area contributed by atoms with Gasteiger partial charge in [0.1, 0.15) is 11.3 Å². The molecule has 2 aromatic rings. The van der Waals surface area contributed by atoms with Crippen LogP contribution >= 0.6 is 33.9 Å². The summed E-state index contributed by atoms with van der Waals surface area (Å²) in [6.07, 6.45) is -1.12. The molecule has 2 rings (SSSR count). The first-order valence-corrected chi connectivity index (χ1v) is 6.14. The largest absolute Gasteiger partial charge is 0.494 e. The Labute approximate surface area is 109 Å². The summed E-state index contributed by atoms with van der Waals surface area (Å²) in [7, 11) is 1.56. The second-order valence-corrected chi connectivity index (χ2v) is 5.04. The zero-order valence-electron chi connectivity index (χ0n) is 8.15. The first-order chi connectivity index (χ1) is 7.61. The van der Waals surface area contributed by atoms with E-state index < -0.39 is 6.09 Å². The number of anilines is 1. The van der Waals surface area contributed by atoms with Crippen LogP contribution in [-0.4, -0.2) is 23.3 Å². The van der Waals surface area contributed by atoms with Crippen molar-refractivity contribution in [1.82, 2.24) is 4.98 Å². The number of carboxylic acid groups (broad SMARTS) is 1. The van der Waals surface area contributed by atoms with Crippen LogP contribution in [0.3, 0.4) is 0 Å². The number of halogens is 1. The lowest BCUT2D eigenvalue weighted by Gasteiger charge is -2.00. The molecule has 2 N–H and O–H groups in total. The zero-order valence-corrected chi connectivity index (χ0v) is 11.1. The normalized spacial score (nSPS) is 10.4. The van der Waals surface area contributed by atoms with E-state index in [1.54, 1.807) is 7.11 Å². The fourth-order valence-electron chi connectivity index (χ4n) is 1.26. The molecule has 0 saturated carbocycles. The molecule has 0 radical (unpaired) electrons. The highest BCUT2D eigenvalue weighted by atomic mass is 127. The minimum absolute atomic E-state index is 0.352. The molecule has 5 nitrogen and oxygen atoms in total. The van der Waals surface area contributed by atoms with Crippen LogP contribution < -0.4 is 10.1 Å². The number of rotatable bonds is 2. The molecule has 0 bridgehead atoms. The Hall–Kier alpha value is -1.09. The number of ether oxygens (including phenoxy) is 1. The molecule has 0 spiro atoms. The molecule has 0 aliphatic carbocycles. The summed E-state index contributed by atoms with van der Waals surface area (Å²) in [6.45, 7) is 0. The molecule has 1 heterocycles. The van der Waals surface area contributed by atoms with Gasteiger partial charge in [-0.2, -0.15) is 0 Å². The van der Waals surface area contributed by atoms with Crippen LogP contribution in [0.25, 0.3) is 10.2 Å². The Bertz CT molecular complexity index is 555. The first-order valence-electron chi connectivity index (χ1n) is 4.25. The second kappa shape index (κ2) is 4.42. The highest BCUT2D eigenvalue weighted by Crippen LogP contribution is 2.35. The van der Waals surface area contributed by atoms with E-state index in [1.807, 2.05) is 12.1 Å². The van der Waals surface area contributed by atoms with Crippen molar-refractivity contribution < 1.29 is 14.6 Å². The molecular formula is C9H7IN2O3S. The van der Waals surface area contributed by atoms with Crippen LogP contribution in [-0.2, 0) is 0 Å². The summed E-state index contributed by atoms with van der Waals surface area (Å²) < 4.78 is 7.10. The SMILES string of the molecule is COc1ccc(I)c2sc(NC(=O)O)nc12. The van der Waals surface area contributed by atoms with E-state index in [0.29, 0.717) is 16.4 Å². The predicted octanol–water partition coefficient (Wildman–Crippen LogP) is 3.00. The highest BCUT2D eigenvalue weighted by Gasteiger charge is 2.12. The number of hydrogen-bond donors (Lipinski definition) is 2. The highest BCUT2D eigenvalue weighted by molar-refractivity contribution is 14.1. The molecule has 1 amide bonds. The van der Waals surface area contributed by atoms with Crippen LogP contribution in [0.2, 0.25) is 0 Å². The molecule has 84 valence electrons. The number of amides is 1. The van der Waals surface area contributed by atoms with Crippen LogP contribution in [0, 0.1) is 3.57 Å². The van der Waals surface area contributed by atoms with Crippen molar-refractivity contribution in [2.45, 2.75) is 0 Å². The van der Waals surface area contributed by atoms with Crippen molar-refractivity contribution in [3.63, 3.8) is 0 Å². The fourth-order valence-corrected chi connectivity index (χ4v) is 2.90. The number of thiazole rings is 1. The van der Waals surface area contributed by atoms with Gasteiger partial charge in [0.2, 0.25) is 0 Å². The maximum absolute atomic E-state index is 10.5. The number of hydrogen-bond acceptors (Lipinski definition) is 4. The average molecular weight is 350 g/mol. The minimum Gasteiger partial charge on any atom is -0.494 e. The summed E-state index contributed by atoms with van der Waals surface area (Å²) in [5.41, 5.74) is 0.683. The Morgan fingerprint density at radius 3 is 3.00 bits per heavy atom. The van der Waals surface area contributed by atoms with Crippen LogP contribution in [0.4, 0.5) is 9.93 Å². The molecule has 0 atom stereocenters. The third kappa shape index (κ3) is 2.05. The zero-order chi connectivity index (χ0) is 11.7. The third-order valence-corrected chi connectivity index (χ3v) is 4.16. The van der Waals surface area contributed by atoms with Crippen molar-refractivity contribution in [2.75, 3.05) is 12.4 Å². The van der Waals surface area contributed by atoms with Gasteiger partial charge in [-0.3, -0.25) is 5.32 Å². The fraction of sp³-hybridized carbons (Fsp3) is 0.111. The summed E-state index contributed by atoms with van der Waals surface area (Å²) >= 11 is 3.47. The van der Waals surface area contributed by atoms with E-state index in [1.165, 1.54) is 11.3 Å². The Kier molecular flexibility index (Phi) is 3.15. The standard InChI is InChI=1S/C9H7IN2O3S/c1-15-5-3-2-4(10)7-6(5)11-8(16-7)12-9(13)14/h2-3H,1H3,(H,11,12)(H,13,14). The van der Waals surface area contributed by atoms with Gasteiger partial charge in [0.25, 0.3) is 0 Å². The van der Waals surface area contributed by atoms with Gasteiger partial charge in [-0.05, 0) is 34.7 Å². The minimum atomic E-state index is -1.12. The number of nitrogens with one attached hydrogen (secondary N) is 1. The average Bonchev–Trinajstić information content (AvgIpc) is 2.62. The Balaban J connectivity index is 2.58. The quantitative estimate of drug-likeness (QED) is 0.817. The Morgan fingerprint density at radius 1 is 1.62 bits per heavy atom. The van der Waals surface area contributed by atoms with Gasteiger partial charge in [0.05, 0.1) is 11.8 Å². The lowest BCUT2D eigenvalue weighted by molar-refractivity contribution is 0.209. The van der Waals surface area contributed by atoms with E-state index >= 15 is 0 Å². The molecule has 7 heteroatoms. The van der Waals surface area contributed by atoms with E-state index in [9.17, 15) is 4.79 Å². The monoisotopic (exact) mass is 350 g/mol. The van der Waals surface area contributed by atoms with Gasteiger partial charge in [-0.15, -0.1) is 0 Å². The van der Waals surface area contributed by atoms with E-state index in [-0.39, 0.29) is 0 Å². The van der Waals surface area contributed by atoms with Gasteiger partial charge in [0, 0.05) is 3.57 Å². The van der Waals surface area contributed by atoms with E-state index in [0.717, 1.165) is 8.27 Å². The van der Waals surface area contributed by atoms with Crippen molar-refractivity contribution in [2.24, 2.45) is 0 Å². The van der Waals surface area contributed by atoms with Crippen molar-refractivity contribution in [1.29, 1.82) is 0 Å². The number of benzene rings is 1. The number of methoxy groups -OCH3 is 1. The Morgan fingerprint density at radius 2 is 2.38 bits per heavy atom. The van der Waals surface area contributed by atoms with Gasteiger partial charge < -0.3 is 9.84 Å². The van der Waals surface area contributed by atoms with E-state index in [2.05, 4.69) is 32.9 Å². The van der Waals surface area contributed by atoms with Crippen LogP contribution in [0.5, 0.6) is 5.75 Å². The van der Waals surface area contributed by atoms with Crippen molar-refractivity contribution >= 4 is 55.4 Å². The molecule has 0 aliphatic rings. The van der Waals surface area contributed by atoms with E-state index in [4.69, 9.17) is 9.84 Å². The van der Waals surface area contributed by atoms with Crippen LogP contribution in [0.15, 0.2) is 12.1 Å². The molecule has 0 saturated heterocycles. The maximum Gasteiger partial charge on any atom is 0.410 e. The summed E-state index contributed by atoms with van der Waals surface area (Å²) in [5.74, 6) is 0.644. The smallest absolute Gasteiger partial charge is 0.410 e. The van der Waals surface area contributed by atoms with Gasteiger partial charge in [-0.25, -0.2) is 9.78 Å².